The van der Waals surface area contributed by atoms with E-state index in [4.69, 9.17) is 9.47 Å². The van der Waals surface area contributed by atoms with Gasteiger partial charge in [-0.05, 0) is 45.0 Å². The van der Waals surface area contributed by atoms with Crippen LogP contribution in [0.1, 0.15) is 19.4 Å². The molecule has 0 N–H and O–H groups in total. The Balaban J connectivity index is 1.39. The van der Waals surface area contributed by atoms with Crippen LogP contribution >= 0.6 is 0 Å². The summed E-state index contributed by atoms with van der Waals surface area (Å²) in [4.78, 5) is 17.0. The average Bonchev–Trinajstić information content (AvgIpc) is 2.82. The van der Waals surface area contributed by atoms with Crippen molar-refractivity contribution in [2.45, 2.75) is 31.7 Å². The monoisotopic (exact) mass is 473 g/mol. The third-order valence-electron chi connectivity index (χ3n) is 6.04. The lowest BCUT2D eigenvalue weighted by molar-refractivity contribution is -0.130. The molecule has 0 bridgehead atoms. The molecule has 9 heteroatoms. The number of aryl methyl sites for hydroxylation is 1. The van der Waals surface area contributed by atoms with Gasteiger partial charge >= 0.3 is 0 Å². The lowest BCUT2D eigenvalue weighted by atomic mass is 10.2. The second-order valence-electron chi connectivity index (χ2n) is 8.65. The molecule has 4 rings (SSSR count). The zero-order valence-electron chi connectivity index (χ0n) is 19.4. The normalized spacial score (nSPS) is 16.7. The Bertz CT molecular complexity index is 1090. The number of carbonyl (C=O) groups excluding carboxylic acids is 1. The van der Waals surface area contributed by atoms with Gasteiger partial charge in [0.05, 0.1) is 11.4 Å². The quantitative estimate of drug-likeness (QED) is 0.642. The zero-order valence-corrected chi connectivity index (χ0v) is 20.2. The number of anilines is 1. The zero-order chi connectivity index (χ0) is 23.6. The minimum Gasteiger partial charge on any atom is -0.486 e. The number of nitrogens with zero attached hydrogens (tertiary/aromatic N) is 3. The minimum atomic E-state index is -3.68. The van der Waals surface area contributed by atoms with Crippen LogP contribution in [-0.2, 0) is 14.8 Å². The summed E-state index contributed by atoms with van der Waals surface area (Å²) in [5.41, 5.74) is 2.17. The number of rotatable bonds is 6. The van der Waals surface area contributed by atoms with E-state index in [-0.39, 0.29) is 36.5 Å². The van der Waals surface area contributed by atoms with E-state index < -0.39 is 10.0 Å². The number of piperazine rings is 1. The van der Waals surface area contributed by atoms with Gasteiger partial charge in [0.15, 0.2) is 11.5 Å². The lowest BCUT2D eigenvalue weighted by Crippen LogP contribution is -2.53. The first kappa shape index (κ1) is 23.4. The first-order chi connectivity index (χ1) is 15.8. The van der Waals surface area contributed by atoms with Crippen molar-refractivity contribution >= 4 is 21.6 Å². The highest BCUT2D eigenvalue weighted by atomic mass is 32.2. The third kappa shape index (κ3) is 5.09. The van der Waals surface area contributed by atoms with E-state index in [1.165, 1.54) is 15.9 Å². The summed E-state index contributed by atoms with van der Waals surface area (Å²) in [7, 11) is -3.68. The van der Waals surface area contributed by atoms with Crippen LogP contribution in [0, 0.1) is 6.92 Å². The first-order valence-corrected chi connectivity index (χ1v) is 12.7. The molecule has 2 aromatic rings. The standard InChI is InChI=1S/C24H31N3O5S/c1-18(2)27(20-6-4-19(3)5-7-20)17-24(28)25-10-12-26(13-11-25)33(29,30)21-8-9-22-23(16-21)32-15-14-31-22/h4-9,16,18H,10-15,17H2,1-3H3. The van der Waals surface area contributed by atoms with Crippen molar-refractivity contribution in [1.82, 2.24) is 9.21 Å². The Morgan fingerprint density at radius 1 is 0.970 bits per heavy atom. The highest BCUT2D eigenvalue weighted by Gasteiger charge is 2.31. The predicted octanol–water partition coefficient (Wildman–Crippen LogP) is 2.51. The number of benzene rings is 2. The highest BCUT2D eigenvalue weighted by molar-refractivity contribution is 7.89. The molecule has 8 nitrogen and oxygen atoms in total. The Morgan fingerprint density at radius 3 is 2.24 bits per heavy atom. The topological polar surface area (TPSA) is 79.4 Å². The van der Waals surface area contributed by atoms with Gasteiger partial charge in [-0.25, -0.2) is 8.42 Å². The number of hydrogen-bond donors (Lipinski definition) is 0. The summed E-state index contributed by atoms with van der Waals surface area (Å²) in [6, 6.07) is 13.0. The van der Waals surface area contributed by atoms with Gasteiger partial charge < -0.3 is 19.3 Å². The predicted molar refractivity (Wildman–Crippen MR) is 126 cm³/mol. The summed E-state index contributed by atoms with van der Waals surface area (Å²) in [6.07, 6.45) is 0. The van der Waals surface area contributed by atoms with E-state index in [2.05, 4.69) is 18.7 Å². The van der Waals surface area contributed by atoms with Gasteiger partial charge in [-0.1, -0.05) is 17.7 Å². The summed E-state index contributed by atoms with van der Waals surface area (Å²) in [5.74, 6) is 1.00. The summed E-state index contributed by atoms with van der Waals surface area (Å²) in [6.45, 7) is 8.51. The van der Waals surface area contributed by atoms with Crippen LogP contribution in [0.5, 0.6) is 11.5 Å². The van der Waals surface area contributed by atoms with Crippen LogP contribution in [-0.4, -0.2) is 75.5 Å². The smallest absolute Gasteiger partial charge is 0.243 e. The van der Waals surface area contributed by atoms with E-state index in [1.807, 2.05) is 31.2 Å². The maximum atomic E-state index is 13.1. The van der Waals surface area contributed by atoms with Crippen LogP contribution in [0.2, 0.25) is 0 Å². The maximum absolute atomic E-state index is 13.1. The van der Waals surface area contributed by atoms with E-state index >= 15 is 0 Å². The maximum Gasteiger partial charge on any atom is 0.243 e. The molecule has 0 radical (unpaired) electrons. The summed E-state index contributed by atoms with van der Waals surface area (Å²) >= 11 is 0. The number of fused-ring (bicyclic) bond motifs is 1. The van der Waals surface area contributed by atoms with E-state index in [0.717, 1.165) is 5.69 Å². The molecule has 0 spiro atoms. The number of carbonyl (C=O) groups is 1. The van der Waals surface area contributed by atoms with E-state index in [0.29, 0.717) is 37.8 Å². The molecule has 2 aromatic carbocycles. The molecule has 0 atom stereocenters. The lowest BCUT2D eigenvalue weighted by Gasteiger charge is -2.36. The van der Waals surface area contributed by atoms with Crippen LogP contribution < -0.4 is 14.4 Å². The number of hydrogen-bond acceptors (Lipinski definition) is 6. The van der Waals surface area contributed by atoms with Gasteiger partial charge in [0.1, 0.15) is 13.2 Å². The van der Waals surface area contributed by atoms with Crippen molar-refractivity contribution in [2.24, 2.45) is 0 Å². The molecule has 1 amide bonds. The van der Waals surface area contributed by atoms with Crippen LogP contribution in [0.3, 0.4) is 0 Å². The Kier molecular flexibility index (Phi) is 6.81. The van der Waals surface area contributed by atoms with Gasteiger partial charge in [-0.2, -0.15) is 4.31 Å². The van der Waals surface area contributed by atoms with Crippen molar-refractivity contribution < 1.29 is 22.7 Å². The van der Waals surface area contributed by atoms with Crippen molar-refractivity contribution in [2.75, 3.05) is 50.8 Å². The molecular weight excluding hydrogens is 442 g/mol. The third-order valence-corrected chi connectivity index (χ3v) is 7.93. The molecule has 2 heterocycles. The van der Waals surface area contributed by atoms with Crippen molar-refractivity contribution in [1.29, 1.82) is 0 Å². The van der Waals surface area contributed by atoms with E-state index in [1.54, 1.807) is 17.0 Å². The molecule has 0 aliphatic carbocycles. The van der Waals surface area contributed by atoms with Gasteiger partial charge in [0, 0.05) is 44.0 Å². The molecule has 178 valence electrons. The van der Waals surface area contributed by atoms with Crippen molar-refractivity contribution in [3.05, 3.63) is 48.0 Å². The first-order valence-electron chi connectivity index (χ1n) is 11.3. The molecule has 0 unspecified atom stereocenters. The molecule has 33 heavy (non-hydrogen) atoms. The van der Waals surface area contributed by atoms with Crippen molar-refractivity contribution in [3.8, 4) is 11.5 Å². The second-order valence-corrected chi connectivity index (χ2v) is 10.6. The van der Waals surface area contributed by atoms with Gasteiger partial charge in [0.2, 0.25) is 15.9 Å². The Labute approximate surface area is 195 Å². The fourth-order valence-electron chi connectivity index (χ4n) is 4.07. The number of amides is 1. The fourth-order valence-corrected chi connectivity index (χ4v) is 5.50. The van der Waals surface area contributed by atoms with Crippen molar-refractivity contribution in [3.63, 3.8) is 0 Å². The summed E-state index contributed by atoms with van der Waals surface area (Å²) < 4.78 is 38.7. The van der Waals surface area contributed by atoms with Crippen LogP contribution in [0.15, 0.2) is 47.4 Å². The number of sulfonamides is 1. The Morgan fingerprint density at radius 2 is 1.61 bits per heavy atom. The molecule has 0 saturated carbocycles. The molecule has 2 aliphatic heterocycles. The highest BCUT2D eigenvalue weighted by Crippen LogP contribution is 2.33. The van der Waals surface area contributed by atoms with Crippen LogP contribution in [0.4, 0.5) is 5.69 Å². The molecule has 1 saturated heterocycles. The molecule has 1 fully saturated rings. The SMILES string of the molecule is Cc1ccc(N(CC(=O)N2CCN(S(=O)(=O)c3ccc4c(c3)OCCO4)CC2)C(C)C)cc1. The van der Waals surface area contributed by atoms with Gasteiger partial charge in [-0.15, -0.1) is 0 Å². The average molecular weight is 474 g/mol. The largest absolute Gasteiger partial charge is 0.486 e. The van der Waals surface area contributed by atoms with E-state index in [9.17, 15) is 13.2 Å². The fraction of sp³-hybridized carbons (Fsp3) is 0.458. The molecule has 2 aliphatic rings. The minimum absolute atomic E-state index is 0.000604. The second kappa shape index (κ2) is 9.61. The van der Waals surface area contributed by atoms with Gasteiger partial charge in [0.25, 0.3) is 0 Å². The van der Waals surface area contributed by atoms with Gasteiger partial charge in [-0.3, -0.25) is 4.79 Å². The molecule has 0 aromatic heterocycles. The van der Waals surface area contributed by atoms with Crippen LogP contribution in [0.25, 0.3) is 0 Å². The Hall–Kier alpha value is -2.78. The number of ether oxygens (including phenoxy) is 2. The summed E-state index contributed by atoms with van der Waals surface area (Å²) in [5, 5.41) is 0. The molecular formula is C24H31N3O5S.